The molecule has 0 heterocycles. The molecule has 4 atom stereocenters. The van der Waals surface area contributed by atoms with Gasteiger partial charge in [0.25, 0.3) is 0 Å². The van der Waals surface area contributed by atoms with Crippen LogP contribution in [-0.4, -0.2) is 88.5 Å². The van der Waals surface area contributed by atoms with Crippen LogP contribution in [0.5, 0.6) is 0 Å². The maximum Gasteiger partial charge on any atom is 0.327 e. The van der Waals surface area contributed by atoms with Crippen molar-refractivity contribution in [2.24, 2.45) is 5.73 Å². The molecular formula is C16H30N4O5S4. The lowest BCUT2D eigenvalue weighted by molar-refractivity contribution is -0.141. The Morgan fingerprint density at radius 2 is 1.28 bits per heavy atom. The number of rotatable bonds is 15. The van der Waals surface area contributed by atoms with Gasteiger partial charge in [0.15, 0.2) is 0 Å². The molecule has 6 N–H and O–H groups in total. The van der Waals surface area contributed by atoms with Crippen LogP contribution in [-0.2, 0) is 19.2 Å². The molecule has 0 radical (unpaired) electrons. The second kappa shape index (κ2) is 16.0. The Bertz CT molecular complexity index is 555. The van der Waals surface area contributed by atoms with Gasteiger partial charge in [0.05, 0.1) is 6.04 Å². The van der Waals surface area contributed by atoms with E-state index in [0.717, 1.165) is 0 Å². The predicted octanol–water partition coefficient (Wildman–Crippen LogP) is -0.781. The molecule has 0 aliphatic rings. The van der Waals surface area contributed by atoms with Crippen LogP contribution in [0.1, 0.15) is 12.8 Å². The zero-order valence-electron chi connectivity index (χ0n) is 16.4. The number of aliphatic carboxylic acids is 1. The minimum Gasteiger partial charge on any atom is -0.480 e. The number of carbonyl (C=O) groups is 4. The van der Waals surface area contributed by atoms with Gasteiger partial charge in [-0.15, -0.1) is 0 Å². The number of nitrogens with two attached hydrogens (primary N) is 1. The van der Waals surface area contributed by atoms with Gasteiger partial charge in [0, 0.05) is 11.5 Å². The van der Waals surface area contributed by atoms with E-state index in [1.807, 2.05) is 12.5 Å². The van der Waals surface area contributed by atoms with E-state index in [-0.39, 0.29) is 11.5 Å². The fourth-order valence-electron chi connectivity index (χ4n) is 2.08. The molecule has 0 aromatic rings. The van der Waals surface area contributed by atoms with E-state index < -0.39 is 47.9 Å². The summed E-state index contributed by atoms with van der Waals surface area (Å²) in [5, 5.41) is 16.5. The van der Waals surface area contributed by atoms with E-state index in [4.69, 9.17) is 10.8 Å². The van der Waals surface area contributed by atoms with Crippen LogP contribution in [0, 0.1) is 0 Å². The smallest absolute Gasteiger partial charge is 0.327 e. The highest BCUT2D eigenvalue weighted by atomic mass is 32.2. The molecule has 13 heteroatoms. The van der Waals surface area contributed by atoms with E-state index in [2.05, 4.69) is 41.2 Å². The van der Waals surface area contributed by atoms with Gasteiger partial charge in [-0.1, -0.05) is 0 Å². The van der Waals surface area contributed by atoms with Gasteiger partial charge >= 0.3 is 5.97 Å². The topological polar surface area (TPSA) is 151 Å². The maximum atomic E-state index is 12.7. The third-order valence-electron chi connectivity index (χ3n) is 3.83. The zero-order valence-corrected chi connectivity index (χ0v) is 19.8. The highest BCUT2D eigenvalue weighted by Gasteiger charge is 2.29. The first-order chi connectivity index (χ1) is 13.7. The molecule has 0 rings (SSSR count). The van der Waals surface area contributed by atoms with Crippen molar-refractivity contribution < 1.29 is 24.3 Å². The monoisotopic (exact) mass is 486 g/mol. The number of amides is 3. The fraction of sp³-hybridized carbons (Fsp3) is 0.750. The van der Waals surface area contributed by atoms with Gasteiger partial charge < -0.3 is 26.8 Å². The van der Waals surface area contributed by atoms with Crippen molar-refractivity contribution in [2.75, 3.05) is 35.5 Å². The summed E-state index contributed by atoms with van der Waals surface area (Å²) in [4.78, 5) is 48.3. The normalized spacial score (nSPS) is 14.9. The molecule has 0 saturated heterocycles. The number of carboxylic acids is 1. The second-order valence-electron chi connectivity index (χ2n) is 6.06. The summed E-state index contributed by atoms with van der Waals surface area (Å²) in [6.45, 7) is 0. The lowest BCUT2D eigenvalue weighted by atomic mass is 10.1. The molecule has 0 bridgehead atoms. The Hall–Kier alpha value is -0.760. The summed E-state index contributed by atoms with van der Waals surface area (Å²) < 4.78 is 0. The Morgan fingerprint density at radius 3 is 1.76 bits per heavy atom. The molecule has 0 aliphatic carbocycles. The van der Waals surface area contributed by atoms with Crippen molar-refractivity contribution in [3.05, 3.63) is 0 Å². The fourth-order valence-corrected chi connectivity index (χ4v) is 3.55. The number of carboxylic acid groups (broad SMARTS) is 1. The lowest BCUT2D eigenvalue weighted by Gasteiger charge is -2.24. The molecule has 0 fully saturated rings. The molecule has 3 amide bonds. The third kappa shape index (κ3) is 11.3. The Morgan fingerprint density at radius 1 is 0.828 bits per heavy atom. The average molecular weight is 487 g/mol. The highest BCUT2D eigenvalue weighted by molar-refractivity contribution is 7.98. The first-order valence-corrected chi connectivity index (χ1v) is 12.9. The molecule has 0 spiro atoms. The summed E-state index contributed by atoms with van der Waals surface area (Å²) in [6, 6.07) is -3.86. The van der Waals surface area contributed by atoms with Crippen molar-refractivity contribution >= 4 is 72.5 Å². The van der Waals surface area contributed by atoms with Crippen LogP contribution in [0.4, 0.5) is 0 Å². The van der Waals surface area contributed by atoms with Gasteiger partial charge in [-0.3, -0.25) is 14.4 Å². The van der Waals surface area contributed by atoms with Gasteiger partial charge in [-0.05, 0) is 36.9 Å². The number of hydrogen-bond acceptors (Lipinski definition) is 9. The summed E-state index contributed by atoms with van der Waals surface area (Å²) >= 11 is 11.0. The Labute approximate surface area is 190 Å². The predicted molar refractivity (Wildman–Crippen MR) is 125 cm³/mol. The Balaban J connectivity index is 5.05. The first kappa shape index (κ1) is 28.2. The van der Waals surface area contributed by atoms with Gasteiger partial charge in [0.1, 0.15) is 18.1 Å². The Kier molecular flexibility index (Phi) is 15.6. The highest BCUT2D eigenvalue weighted by Crippen LogP contribution is 2.05. The third-order valence-corrected chi connectivity index (χ3v) is 5.84. The molecule has 0 aromatic carbocycles. The molecular weight excluding hydrogens is 456 g/mol. The maximum absolute atomic E-state index is 12.7. The number of hydrogen-bond donors (Lipinski definition) is 7. The van der Waals surface area contributed by atoms with E-state index >= 15 is 0 Å². The lowest BCUT2D eigenvalue weighted by Crippen LogP contribution is -2.58. The van der Waals surface area contributed by atoms with Crippen molar-refractivity contribution in [3.63, 3.8) is 0 Å². The average Bonchev–Trinajstić information content (AvgIpc) is 2.70. The molecule has 0 aromatic heterocycles. The minimum absolute atomic E-state index is 0.0487. The van der Waals surface area contributed by atoms with Crippen molar-refractivity contribution in [3.8, 4) is 0 Å². The first-order valence-electron chi connectivity index (χ1n) is 8.80. The largest absolute Gasteiger partial charge is 0.480 e. The van der Waals surface area contributed by atoms with Crippen molar-refractivity contribution in [1.82, 2.24) is 16.0 Å². The van der Waals surface area contributed by atoms with Gasteiger partial charge in [0.2, 0.25) is 17.7 Å². The number of nitrogens with one attached hydrogen (secondary N) is 3. The number of thiol groups is 2. The van der Waals surface area contributed by atoms with Crippen LogP contribution in [0.15, 0.2) is 0 Å². The number of carbonyl (C=O) groups excluding carboxylic acids is 3. The second-order valence-corrected chi connectivity index (χ2v) is 8.76. The van der Waals surface area contributed by atoms with E-state index in [1.165, 1.54) is 11.8 Å². The standard InChI is InChI=1S/C16H30N4O5S4/c1-28-5-3-9(17)13(21)18-10(4-6-29-2)14(22)19-11(7-26)15(23)20-12(8-27)16(24)25/h9-12,26-27H,3-8,17H2,1-2H3,(H,18,21)(H,19,22)(H,20,23)(H,24,25). The van der Waals surface area contributed by atoms with E-state index in [1.54, 1.807) is 11.8 Å². The van der Waals surface area contributed by atoms with Crippen LogP contribution >= 0.6 is 48.8 Å². The molecule has 9 nitrogen and oxygen atoms in total. The van der Waals surface area contributed by atoms with Gasteiger partial charge in [-0.2, -0.15) is 48.8 Å². The molecule has 29 heavy (non-hydrogen) atoms. The molecule has 0 saturated carbocycles. The van der Waals surface area contributed by atoms with Crippen LogP contribution in [0.25, 0.3) is 0 Å². The number of thioether (sulfide) groups is 2. The van der Waals surface area contributed by atoms with Crippen LogP contribution in [0.2, 0.25) is 0 Å². The zero-order chi connectivity index (χ0) is 22.4. The summed E-state index contributed by atoms with van der Waals surface area (Å²) in [7, 11) is 0. The van der Waals surface area contributed by atoms with Crippen LogP contribution in [0.3, 0.4) is 0 Å². The van der Waals surface area contributed by atoms with Crippen molar-refractivity contribution in [2.45, 2.75) is 37.0 Å². The SMILES string of the molecule is CSCCC(N)C(=O)NC(CCSC)C(=O)NC(CS)C(=O)NC(CS)C(=O)O. The summed E-state index contributed by atoms with van der Waals surface area (Å²) in [6.07, 6.45) is 4.61. The molecule has 168 valence electrons. The summed E-state index contributed by atoms with van der Waals surface area (Å²) in [5.41, 5.74) is 5.85. The van der Waals surface area contributed by atoms with Gasteiger partial charge in [-0.25, -0.2) is 4.79 Å². The molecule has 0 aliphatic heterocycles. The summed E-state index contributed by atoms with van der Waals surface area (Å²) in [5.74, 6) is -1.75. The van der Waals surface area contributed by atoms with Crippen LogP contribution < -0.4 is 21.7 Å². The molecule has 4 unspecified atom stereocenters. The van der Waals surface area contributed by atoms with E-state index in [9.17, 15) is 19.2 Å². The quantitative estimate of drug-likeness (QED) is 0.149. The van der Waals surface area contributed by atoms with Crippen molar-refractivity contribution in [1.29, 1.82) is 0 Å². The minimum atomic E-state index is -1.23. The van der Waals surface area contributed by atoms with E-state index in [0.29, 0.717) is 24.3 Å².